The molecular weight excluding hydrogens is 475 g/mol. The van der Waals surface area contributed by atoms with Gasteiger partial charge in [0.2, 0.25) is 5.95 Å². The highest BCUT2D eigenvalue weighted by Gasteiger charge is 2.31. The molecule has 3 heterocycles. The van der Waals surface area contributed by atoms with Gasteiger partial charge in [-0.05, 0) is 49.1 Å². The fraction of sp³-hybridized carbons (Fsp3) is 0.560. The Balaban J connectivity index is 1.11. The summed E-state index contributed by atoms with van der Waals surface area (Å²) < 4.78 is 46.2. The van der Waals surface area contributed by atoms with Crippen LogP contribution < -0.4 is 14.4 Å². The molecule has 3 aliphatic rings. The number of carbonyl (C=O) groups excluding carboxylic acids is 1. The topological polar surface area (TPSA) is 71.0 Å². The summed E-state index contributed by atoms with van der Waals surface area (Å²) >= 11 is 0. The molecule has 0 unspecified atom stereocenters. The first kappa shape index (κ1) is 24.6. The number of anilines is 1. The molecule has 1 aromatic heterocycles. The molecule has 1 amide bonds. The summed E-state index contributed by atoms with van der Waals surface area (Å²) in [6.45, 7) is 4.83. The molecule has 1 saturated carbocycles. The van der Waals surface area contributed by atoms with E-state index in [2.05, 4.69) is 19.5 Å². The zero-order valence-electron chi connectivity index (χ0n) is 20.0. The van der Waals surface area contributed by atoms with Gasteiger partial charge < -0.3 is 19.3 Å². The molecule has 2 aromatic rings. The number of aromatic nitrogens is 2. The third-order valence-electron chi connectivity index (χ3n) is 7.17. The highest BCUT2D eigenvalue weighted by atomic mass is 19.4. The third kappa shape index (κ3) is 6.00. The van der Waals surface area contributed by atoms with Crippen LogP contribution >= 0.6 is 0 Å². The molecule has 36 heavy (non-hydrogen) atoms. The van der Waals surface area contributed by atoms with Crippen molar-refractivity contribution < 1.29 is 27.4 Å². The average molecular weight is 506 g/mol. The Bertz CT molecular complexity index is 1050. The van der Waals surface area contributed by atoms with Crippen molar-refractivity contribution in [2.45, 2.75) is 44.5 Å². The van der Waals surface area contributed by atoms with Crippen molar-refractivity contribution in [3.05, 3.63) is 41.7 Å². The first-order chi connectivity index (χ1) is 17.3. The van der Waals surface area contributed by atoms with E-state index in [4.69, 9.17) is 9.72 Å². The molecule has 1 aromatic carbocycles. The zero-order chi connectivity index (χ0) is 25.1. The van der Waals surface area contributed by atoms with Gasteiger partial charge in [0, 0.05) is 57.9 Å². The Kier molecular flexibility index (Phi) is 7.17. The number of hydrogen-bond donors (Lipinski definition) is 0. The quantitative estimate of drug-likeness (QED) is 0.598. The predicted molar refractivity (Wildman–Crippen MR) is 126 cm³/mol. The number of alkyl halides is 3. The number of hydrogen-bond acceptors (Lipinski definition) is 7. The van der Waals surface area contributed by atoms with Crippen molar-refractivity contribution in [3.8, 4) is 11.5 Å². The molecule has 0 bridgehead atoms. The van der Waals surface area contributed by atoms with Gasteiger partial charge in [0.05, 0.1) is 5.69 Å². The standard InChI is InChI=1S/C25H30F3N5O3/c26-25(27,28)36-21-6-4-20(5-7-21)35-17-23(34)32-10-8-18-16-29-24(30-22(18)9-11-32)33-14-12-31(13-15-33)19-2-1-3-19/h4-7,16,19H,1-3,8-15,17H2. The van der Waals surface area contributed by atoms with Crippen molar-refractivity contribution in [2.24, 2.45) is 0 Å². The van der Waals surface area contributed by atoms with Gasteiger partial charge >= 0.3 is 6.36 Å². The van der Waals surface area contributed by atoms with Crippen molar-refractivity contribution in [1.29, 1.82) is 0 Å². The van der Waals surface area contributed by atoms with Gasteiger partial charge in [-0.25, -0.2) is 9.97 Å². The number of halogens is 3. The maximum absolute atomic E-state index is 12.7. The van der Waals surface area contributed by atoms with E-state index >= 15 is 0 Å². The van der Waals surface area contributed by atoms with Crippen LogP contribution in [0.5, 0.6) is 11.5 Å². The van der Waals surface area contributed by atoms with E-state index in [0.29, 0.717) is 31.7 Å². The maximum Gasteiger partial charge on any atom is 0.573 e. The molecule has 1 saturated heterocycles. The van der Waals surface area contributed by atoms with Gasteiger partial charge in [-0.3, -0.25) is 9.69 Å². The molecular formula is C25H30F3N5O3. The summed E-state index contributed by atoms with van der Waals surface area (Å²) in [7, 11) is 0. The lowest BCUT2D eigenvalue weighted by Crippen LogP contribution is -2.52. The second-order valence-corrected chi connectivity index (χ2v) is 9.44. The van der Waals surface area contributed by atoms with Crippen LogP contribution in [-0.2, 0) is 17.6 Å². The van der Waals surface area contributed by atoms with Crippen LogP contribution in [0, 0.1) is 0 Å². The number of carbonyl (C=O) groups is 1. The summed E-state index contributed by atoms with van der Waals surface area (Å²) in [5.41, 5.74) is 2.04. The number of amides is 1. The number of benzene rings is 1. The van der Waals surface area contributed by atoms with Crippen LogP contribution in [0.2, 0.25) is 0 Å². The number of fused-ring (bicyclic) bond motifs is 1. The van der Waals surface area contributed by atoms with E-state index in [9.17, 15) is 18.0 Å². The molecule has 2 fully saturated rings. The van der Waals surface area contributed by atoms with Gasteiger partial charge in [0.1, 0.15) is 11.5 Å². The predicted octanol–water partition coefficient (Wildman–Crippen LogP) is 3.06. The number of ether oxygens (including phenoxy) is 2. The van der Waals surface area contributed by atoms with Crippen LogP contribution in [0.25, 0.3) is 0 Å². The van der Waals surface area contributed by atoms with E-state index in [1.165, 1.54) is 31.4 Å². The Morgan fingerprint density at radius 1 is 0.972 bits per heavy atom. The van der Waals surface area contributed by atoms with Crippen LogP contribution in [0.15, 0.2) is 30.5 Å². The van der Waals surface area contributed by atoms with Crippen molar-refractivity contribution in [3.63, 3.8) is 0 Å². The van der Waals surface area contributed by atoms with E-state index in [0.717, 1.165) is 61.6 Å². The minimum Gasteiger partial charge on any atom is -0.484 e. The van der Waals surface area contributed by atoms with Crippen LogP contribution in [0.3, 0.4) is 0 Å². The van der Waals surface area contributed by atoms with Crippen LogP contribution in [0.4, 0.5) is 19.1 Å². The highest BCUT2D eigenvalue weighted by molar-refractivity contribution is 5.78. The van der Waals surface area contributed by atoms with E-state index in [1.807, 2.05) is 6.20 Å². The Morgan fingerprint density at radius 3 is 2.33 bits per heavy atom. The second kappa shape index (κ2) is 10.5. The lowest BCUT2D eigenvalue weighted by molar-refractivity contribution is -0.274. The van der Waals surface area contributed by atoms with Crippen molar-refractivity contribution in [1.82, 2.24) is 19.8 Å². The van der Waals surface area contributed by atoms with Crippen LogP contribution in [0.1, 0.15) is 30.5 Å². The summed E-state index contributed by atoms with van der Waals surface area (Å²) in [4.78, 5) is 28.8. The summed E-state index contributed by atoms with van der Waals surface area (Å²) in [5, 5.41) is 0. The summed E-state index contributed by atoms with van der Waals surface area (Å²) in [6, 6.07) is 5.75. The zero-order valence-corrected chi connectivity index (χ0v) is 20.0. The van der Waals surface area contributed by atoms with Crippen LogP contribution in [-0.4, -0.2) is 84.0 Å². The largest absolute Gasteiger partial charge is 0.573 e. The fourth-order valence-electron chi connectivity index (χ4n) is 4.88. The van der Waals surface area contributed by atoms with Gasteiger partial charge in [-0.1, -0.05) is 6.42 Å². The Labute approximate surface area is 208 Å². The number of rotatable bonds is 6. The van der Waals surface area contributed by atoms with Gasteiger partial charge in [0.25, 0.3) is 5.91 Å². The Morgan fingerprint density at radius 2 is 1.67 bits per heavy atom. The van der Waals surface area contributed by atoms with Gasteiger partial charge in [-0.15, -0.1) is 13.2 Å². The first-order valence-corrected chi connectivity index (χ1v) is 12.4. The monoisotopic (exact) mass is 505 g/mol. The lowest BCUT2D eigenvalue weighted by Gasteiger charge is -2.43. The summed E-state index contributed by atoms with van der Waals surface area (Å²) in [6.07, 6.45) is 2.43. The van der Waals surface area contributed by atoms with E-state index in [1.54, 1.807) is 4.90 Å². The smallest absolute Gasteiger partial charge is 0.484 e. The average Bonchev–Trinajstić information content (AvgIpc) is 3.04. The molecule has 2 aliphatic heterocycles. The molecule has 0 radical (unpaired) electrons. The van der Waals surface area contributed by atoms with Crippen molar-refractivity contribution >= 4 is 11.9 Å². The first-order valence-electron chi connectivity index (χ1n) is 12.4. The second-order valence-electron chi connectivity index (χ2n) is 9.44. The normalized spacial score (nSPS) is 19.3. The number of nitrogens with zero attached hydrogens (tertiary/aromatic N) is 5. The number of piperazine rings is 1. The third-order valence-corrected chi connectivity index (χ3v) is 7.17. The lowest BCUT2D eigenvalue weighted by atomic mass is 9.91. The van der Waals surface area contributed by atoms with E-state index < -0.39 is 6.36 Å². The Hall–Kier alpha value is -3.08. The molecule has 0 N–H and O–H groups in total. The minimum absolute atomic E-state index is 0.182. The molecule has 11 heteroatoms. The molecule has 194 valence electrons. The molecule has 8 nitrogen and oxygen atoms in total. The molecule has 0 spiro atoms. The van der Waals surface area contributed by atoms with Gasteiger partial charge in [0.15, 0.2) is 6.61 Å². The fourth-order valence-corrected chi connectivity index (χ4v) is 4.88. The minimum atomic E-state index is -4.75. The van der Waals surface area contributed by atoms with Crippen molar-refractivity contribution in [2.75, 3.05) is 50.8 Å². The van der Waals surface area contributed by atoms with E-state index in [-0.39, 0.29) is 18.3 Å². The van der Waals surface area contributed by atoms with Gasteiger partial charge in [-0.2, -0.15) is 0 Å². The maximum atomic E-state index is 12.7. The highest BCUT2D eigenvalue weighted by Crippen LogP contribution is 2.27. The molecule has 0 atom stereocenters. The molecule has 1 aliphatic carbocycles. The summed E-state index contributed by atoms with van der Waals surface area (Å²) in [5.74, 6) is 0.540. The SMILES string of the molecule is O=C(COc1ccc(OC(F)(F)F)cc1)N1CCc2cnc(N3CCN(C4CCC4)CC3)nc2CC1. The molecule has 5 rings (SSSR count).